The van der Waals surface area contributed by atoms with Crippen molar-refractivity contribution < 1.29 is 4.39 Å². The summed E-state index contributed by atoms with van der Waals surface area (Å²) in [6, 6.07) is 4.93. The fraction of sp³-hybridized carbons (Fsp3) is 0.429. The number of nitrogens with one attached hydrogen (secondary N) is 1. The van der Waals surface area contributed by atoms with Crippen molar-refractivity contribution in [1.82, 2.24) is 5.43 Å². The van der Waals surface area contributed by atoms with Crippen molar-refractivity contribution in [3.8, 4) is 0 Å². The lowest BCUT2D eigenvalue weighted by Crippen LogP contribution is -2.28. The van der Waals surface area contributed by atoms with Crippen LogP contribution in [0.5, 0.6) is 0 Å². The summed E-state index contributed by atoms with van der Waals surface area (Å²) < 4.78 is 14.0. The molecule has 4 heteroatoms. The number of benzene rings is 1. The van der Waals surface area contributed by atoms with Crippen molar-refractivity contribution in [1.29, 1.82) is 0 Å². The molecule has 100 valence electrons. The van der Waals surface area contributed by atoms with E-state index in [2.05, 4.69) is 34.6 Å². The van der Waals surface area contributed by atoms with Gasteiger partial charge in [-0.2, -0.15) is 0 Å². The first-order valence-electron chi connectivity index (χ1n) is 6.21. The van der Waals surface area contributed by atoms with Crippen LogP contribution in [-0.4, -0.2) is 0 Å². The summed E-state index contributed by atoms with van der Waals surface area (Å²) >= 11 is 2.15. The normalized spacial score (nSPS) is 12.4. The molecule has 0 heterocycles. The molecule has 0 fully saturated rings. The molecule has 0 aliphatic rings. The van der Waals surface area contributed by atoms with Crippen molar-refractivity contribution in [2.24, 2.45) is 5.84 Å². The SMILES string of the molecule is C=CCCCCCC(NN)c1ccc(F)cc1I. The lowest BCUT2D eigenvalue weighted by atomic mass is 10.0. The highest BCUT2D eigenvalue weighted by Crippen LogP contribution is 2.24. The fourth-order valence-corrected chi connectivity index (χ4v) is 2.78. The second kappa shape index (κ2) is 8.61. The van der Waals surface area contributed by atoms with Crippen molar-refractivity contribution in [3.63, 3.8) is 0 Å². The van der Waals surface area contributed by atoms with Gasteiger partial charge in [0, 0.05) is 9.61 Å². The van der Waals surface area contributed by atoms with Crippen molar-refractivity contribution >= 4 is 22.6 Å². The second-order valence-corrected chi connectivity index (χ2v) is 5.47. The van der Waals surface area contributed by atoms with Gasteiger partial charge < -0.3 is 0 Å². The Balaban J connectivity index is 2.52. The van der Waals surface area contributed by atoms with E-state index in [1.807, 2.05) is 12.1 Å². The molecule has 0 saturated carbocycles. The highest BCUT2D eigenvalue weighted by atomic mass is 127. The zero-order chi connectivity index (χ0) is 13.4. The molecule has 0 aliphatic carbocycles. The summed E-state index contributed by atoms with van der Waals surface area (Å²) in [4.78, 5) is 0. The molecule has 2 nitrogen and oxygen atoms in total. The number of unbranched alkanes of at least 4 members (excludes halogenated alkanes) is 3. The quantitative estimate of drug-likeness (QED) is 0.241. The highest BCUT2D eigenvalue weighted by Gasteiger charge is 2.12. The monoisotopic (exact) mass is 362 g/mol. The van der Waals surface area contributed by atoms with Gasteiger partial charge in [0.1, 0.15) is 5.82 Å². The largest absolute Gasteiger partial charge is 0.271 e. The third-order valence-corrected chi connectivity index (χ3v) is 3.87. The molecule has 0 bridgehead atoms. The van der Waals surface area contributed by atoms with Crippen LogP contribution >= 0.6 is 22.6 Å². The van der Waals surface area contributed by atoms with Gasteiger partial charge in [-0.15, -0.1) is 6.58 Å². The van der Waals surface area contributed by atoms with Crippen LogP contribution in [0.3, 0.4) is 0 Å². The maximum absolute atomic E-state index is 13.0. The number of rotatable bonds is 8. The molecular formula is C14H20FIN2. The van der Waals surface area contributed by atoms with Crippen LogP contribution in [0.25, 0.3) is 0 Å². The minimum Gasteiger partial charge on any atom is -0.271 e. The number of hydrazine groups is 1. The summed E-state index contributed by atoms with van der Waals surface area (Å²) in [5.41, 5.74) is 3.89. The Morgan fingerprint density at radius 1 is 1.39 bits per heavy atom. The van der Waals surface area contributed by atoms with Gasteiger partial charge in [0.05, 0.1) is 0 Å². The van der Waals surface area contributed by atoms with E-state index in [1.165, 1.54) is 25.0 Å². The third kappa shape index (κ3) is 5.04. The molecule has 0 spiro atoms. The maximum atomic E-state index is 13.0. The number of allylic oxidation sites excluding steroid dienone is 1. The molecule has 0 aromatic heterocycles. The molecule has 1 rings (SSSR count). The molecule has 1 aromatic carbocycles. The first-order valence-corrected chi connectivity index (χ1v) is 7.29. The Bertz CT molecular complexity index is 382. The first-order chi connectivity index (χ1) is 8.69. The fourth-order valence-electron chi connectivity index (χ4n) is 1.93. The topological polar surface area (TPSA) is 38.0 Å². The van der Waals surface area contributed by atoms with E-state index >= 15 is 0 Å². The molecule has 3 N–H and O–H groups in total. The van der Waals surface area contributed by atoms with Gasteiger partial charge in [-0.05, 0) is 59.5 Å². The van der Waals surface area contributed by atoms with E-state index in [4.69, 9.17) is 5.84 Å². The van der Waals surface area contributed by atoms with Crippen molar-refractivity contribution in [2.45, 2.75) is 38.1 Å². The average molecular weight is 362 g/mol. The van der Waals surface area contributed by atoms with E-state index < -0.39 is 0 Å². The van der Waals surface area contributed by atoms with Crippen LogP contribution in [0.15, 0.2) is 30.9 Å². The number of nitrogens with two attached hydrogens (primary N) is 1. The van der Waals surface area contributed by atoms with E-state index in [9.17, 15) is 4.39 Å². The summed E-state index contributed by atoms with van der Waals surface area (Å²) in [5.74, 6) is 5.39. The minimum absolute atomic E-state index is 0.0984. The predicted molar refractivity (Wildman–Crippen MR) is 82.5 cm³/mol. The van der Waals surface area contributed by atoms with Crippen LogP contribution in [-0.2, 0) is 0 Å². The van der Waals surface area contributed by atoms with E-state index in [0.717, 1.165) is 28.4 Å². The average Bonchev–Trinajstić information content (AvgIpc) is 2.35. The number of hydrogen-bond acceptors (Lipinski definition) is 2. The third-order valence-electron chi connectivity index (χ3n) is 2.94. The molecule has 0 saturated heterocycles. The Morgan fingerprint density at radius 2 is 2.17 bits per heavy atom. The molecule has 0 amide bonds. The second-order valence-electron chi connectivity index (χ2n) is 4.31. The first kappa shape index (κ1) is 15.6. The van der Waals surface area contributed by atoms with Gasteiger partial charge in [-0.25, -0.2) is 4.39 Å². The van der Waals surface area contributed by atoms with Gasteiger partial charge in [0.15, 0.2) is 0 Å². The van der Waals surface area contributed by atoms with Gasteiger partial charge >= 0.3 is 0 Å². The Morgan fingerprint density at radius 3 is 2.78 bits per heavy atom. The van der Waals surface area contributed by atoms with Crippen LogP contribution in [0.1, 0.15) is 43.7 Å². The maximum Gasteiger partial charge on any atom is 0.124 e. The van der Waals surface area contributed by atoms with Gasteiger partial charge in [-0.3, -0.25) is 11.3 Å². The predicted octanol–water partition coefficient (Wildman–Crippen LogP) is 4.07. The van der Waals surface area contributed by atoms with Gasteiger partial charge in [0.25, 0.3) is 0 Å². The molecule has 0 radical (unpaired) electrons. The van der Waals surface area contributed by atoms with Crippen LogP contribution in [0.4, 0.5) is 4.39 Å². The van der Waals surface area contributed by atoms with Crippen molar-refractivity contribution in [3.05, 3.63) is 45.8 Å². The minimum atomic E-state index is -0.204. The highest BCUT2D eigenvalue weighted by molar-refractivity contribution is 14.1. The molecular weight excluding hydrogens is 342 g/mol. The van der Waals surface area contributed by atoms with Crippen LogP contribution < -0.4 is 11.3 Å². The molecule has 1 unspecified atom stereocenters. The standard InChI is InChI=1S/C14H20FIN2/c1-2-3-4-5-6-7-14(18-17)12-9-8-11(15)10-13(12)16/h2,8-10,14,18H,1,3-7,17H2. The lowest BCUT2D eigenvalue weighted by Gasteiger charge is -2.17. The molecule has 18 heavy (non-hydrogen) atoms. The van der Waals surface area contributed by atoms with Crippen LogP contribution in [0, 0.1) is 9.39 Å². The summed E-state index contributed by atoms with van der Waals surface area (Å²) in [7, 11) is 0. The van der Waals surface area contributed by atoms with Gasteiger partial charge in [0.2, 0.25) is 0 Å². The van der Waals surface area contributed by atoms with Crippen molar-refractivity contribution in [2.75, 3.05) is 0 Å². The summed E-state index contributed by atoms with van der Waals surface area (Å²) in [6.45, 7) is 3.71. The van der Waals surface area contributed by atoms with E-state index in [-0.39, 0.29) is 11.9 Å². The number of halogens is 2. The molecule has 0 aliphatic heterocycles. The zero-order valence-corrected chi connectivity index (χ0v) is 12.6. The van der Waals surface area contributed by atoms with E-state index in [1.54, 1.807) is 0 Å². The zero-order valence-electron chi connectivity index (χ0n) is 10.5. The Labute approximate surface area is 122 Å². The Hall–Kier alpha value is -0.460. The summed E-state index contributed by atoms with van der Waals surface area (Å²) in [5, 5.41) is 0. The van der Waals surface area contributed by atoms with Crippen LogP contribution in [0.2, 0.25) is 0 Å². The van der Waals surface area contributed by atoms with Gasteiger partial charge in [-0.1, -0.05) is 25.0 Å². The number of hydrogen-bond donors (Lipinski definition) is 2. The molecule has 1 aromatic rings. The lowest BCUT2D eigenvalue weighted by molar-refractivity contribution is 0.481. The van der Waals surface area contributed by atoms with E-state index in [0.29, 0.717) is 0 Å². The smallest absolute Gasteiger partial charge is 0.124 e. The molecule has 1 atom stereocenters. The Kier molecular flexibility index (Phi) is 7.46. The summed E-state index contributed by atoms with van der Waals surface area (Å²) in [6.07, 6.45) is 7.42.